The Labute approximate surface area is 175 Å². The van der Waals surface area contributed by atoms with Gasteiger partial charge < -0.3 is 20.1 Å². The summed E-state index contributed by atoms with van der Waals surface area (Å²) >= 11 is 0. The highest BCUT2D eigenvalue weighted by atomic mass is 16.5. The van der Waals surface area contributed by atoms with E-state index in [0.29, 0.717) is 18.0 Å². The molecule has 0 aliphatic heterocycles. The van der Waals surface area contributed by atoms with Crippen LogP contribution in [0.3, 0.4) is 0 Å². The smallest absolute Gasteiger partial charge is 0.330 e. The van der Waals surface area contributed by atoms with Crippen LogP contribution < -0.4 is 31.4 Å². The van der Waals surface area contributed by atoms with Crippen molar-refractivity contribution in [3.8, 4) is 11.5 Å². The Morgan fingerprint density at radius 3 is 2.33 bits per heavy atom. The maximum absolute atomic E-state index is 13.5. The molecule has 0 bridgehead atoms. The number of aromatic amines is 1. The number of amides is 1. The molecule has 1 amide bonds. The number of hydrogen-bond acceptors (Lipinski definition) is 6. The van der Waals surface area contributed by atoms with Gasteiger partial charge in [0.15, 0.2) is 5.69 Å². The van der Waals surface area contributed by atoms with Gasteiger partial charge in [0.2, 0.25) is 0 Å². The number of nitrogens with zero attached hydrogens (tertiary/aromatic N) is 2. The van der Waals surface area contributed by atoms with Crippen LogP contribution in [0.25, 0.3) is 0 Å². The van der Waals surface area contributed by atoms with Gasteiger partial charge in [-0.1, -0.05) is 27.7 Å². The van der Waals surface area contributed by atoms with Crippen molar-refractivity contribution in [1.29, 1.82) is 0 Å². The molecule has 0 saturated heterocycles. The quantitative estimate of drug-likeness (QED) is 0.677. The lowest BCUT2D eigenvalue weighted by Crippen LogP contribution is -2.43. The standard InChI is InChI=1S/C21H30N4O5/c1-12(2)10-24(20(27)15-8-7-14(29-5)9-16(15)30-6)17-18(22)25(11-13(3)4)21(28)23-19(17)26/h7-9,12-13H,10-11,22H2,1-6H3,(H,23,26,28). The molecule has 30 heavy (non-hydrogen) atoms. The van der Waals surface area contributed by atoms with Crippen molar-refractivity contribution in [3.63, 3.8) is 0 Å². The van der Waals surface area contributed by atoms with Crippen molar-refractivity contribution in [2.24, 2.45) is 11.8 Å². The largest absolute Gasteiger partial charge is 0.497 e. The Balaban J connectivity index is 2.69. The molecule has 3 N–H and O–H groups in total. The summed E-state index contributed by atoms with van der Waals surface area (Å²) in [6.07, 6.45) is 0. The summed E-state index contributed by atoms with van der Waals surface area (Å²) in [5, 5.41) is 0. The Morgan fingerprint density at radius 1 is 1.13 bits per heavy atom. The average Bonchev–Trinajstić information content (AvgIpc) is 2.68. The van der Waals surface area contributed by atoms with E-state index in [1.165, 1.54) is 23.7 Å². The Hall–Kier alpha value is -3.23. The van der Waals surface area contributed by atoms with Crippen LogP contribution in [0.1, 0.15) is 38.1 Å². The third-order valence-electron chi connectivity index (χ3n) is 4.46. The van der Waals surface area contributed by atoms with Crippen LogP contribution in [-0.4, -0.2) is 36.2 Å². The highest BCUT2D eigenvalue weighted by Crippen LogP contribution is 2.28. The zero-order valence-corrected chi connectivity index (χ0v) is 18.3. The number of benzene rings is 1. The van der Waals surface area contributed by atoms with Crippen LogP contribution >= 0.6 is 0 Å². The van der Waals surface area contributed by atoms with Crippen molar-refractivity contribution >= 4 is 17.4 Å². The van der Waals surface area contributed by atoms with E-state index in [4.69, 9.17) is 15.2 Å². The van der Waals surface area contributed by atoms with Gasteiger partial charge in [-0.15, -0.1) is 0 Å². The molecule has 0 atom stereocenters. The fraction of sp³-hybridized carbons (Fsp3) is 0.476. The molecule has 0 aliphatic rings. The number of ether oxygens (including phenoxy) is 2. The summed E-state index contributed by atoms with van der Waals surface area (Å²) in [5.41, 5.74) is 5.13. The topological polar surface area (TPSA) is 120 Å². The summed E-state index contributed by atoms with van der Waals surface area (Å²) in [5.74, 6) is 0.469. The molecular formula is C21H30N4O5. The SMILES string of the molecule is COc1ccc(C(=O)N(CC(C)C)c2c(N)n(CC(C)C)c(=O)[nH]c2=O)c(OC)c1. The zero-order chi connectivity index (χ0) is 22.6. The molecule has 2 aromatic rings. The minimum atomic E-state index is -0.709. The summed E-state index contributed by atoms with van der Waals surface area (Å²) < 4.78 is 11.8. The van der Waals surface area contributed by atoms with Crippen LogP contribution in [0.15, 0.2) is 27.8 Å². The van der Waals surface area contributed by atoms with Crippen LogP contribution in [0.5, 0.6) is 11.5 Å². The fourth-order valence-electron chi connectivity index (χ4n) is 3.15. The molecule has 1 aromatic carbocycles. The molecule has 164 valence electrons. The molecule has 0 aliphatic carbocycles. The summed E-state index contributed by atoms with van der Waals surface area (Å²) in [6.45, 7) is 8.22. The summed E-state index contributed by atoms with van der Waals surface area (Å²) in [6, 6.07) is 4.80. The van der Waals surface area contributed by atoms with Crippen LogP contribution in [0.2, 0.25) is 0 Å². The van der Waals surface area contributed by atoms with E-state index in [-0.39, 0.29) is 35.4 Å². The second-order valence-electron chi connectivity index (χ2n) is 7.87. The van der Waals surface area contributed by atoms with E-state index in [1.807, 2.05) is 27.7 Å². The van der Waals surface area contributed by atoms with E-state index in [2.05, 4.69) is 4.98 Å². The minimum absolute atomic E-state index is 0.0301. The van der Waals surface area contributed by atoms with Crippen molar-refractivity contribution < 1.29 is 14.3 Å². The first kappa shape index (κ1) is 23.1. The molecule has 2 rings (SSSR count). The predicted octanol–water partition coefficient (Wildman–Crippen LogP) is 2.09. The number of nitrogens with one attached hydrogen (secondary N) is 1. The van der Waals surface area contributed by atoms with Crippen molar-refractivity contribution in [1.82, 2.24) is 9.55 Å². The first-order valence-electron chi connectivity index (χ1n) is 9.77. The molecule has 9 heteroatoms. The van der Waals surface area contributed by atoms with E-state index in [0.717, 1.165) is 0 Å². The van der Waals surface area contributed by atoms with E-state index >= 15 is 0 Å². The third kappa shape index (κ3) is 4.84. The monoisotopic (exact) mass is 418 g/mol. The van der Waals surface area contributed by atoms with Gasteiger partial charge in [-0.05, 0) is 24.0 Å². The van der Waals surface area contributed by atoms with Gasteiger partial charge in [0.25, 0.3) is 11.5 Å². The maximum atomic E-state index is 13.5. The lowest BCUT2D eigenvalue weighted by Gasteiger charge is -2.27. The third-order valence-corrected chi connectivity index (χ3v) is 4.46. The number of nitrogens with two attached hydrogens (primary N) is 1. The zero-order valence-electron chi connectivity index (χ0n) is 18.3. The number of carbonyl (C=O) groups is 1. The van der Waals surface area contributed by atoms with E-state index in [1.54, 1.807) is 18.2 Å². The molecular weight excluding hydrogens is 388 g/mol. The number of anilines is 2. The lowest BCUT2D eigenvalue weighted by molar-refractivity contribution is 0.0980. The van der Waals surface area contributed by atoms with Gasteiger partial charge in [-0.2, -0.15) is 0 Å². The highest BCUT2D eigenvalue weighted by molar-refractivity contribution is 6.09. The van der Waals surface area contributed by atoms with Gasteiger partial charge in [0.05, 0.1) is 19.8 Å². The molecule has 1 heterocycles. The minimum Gasteiger partial charge on any atom is -0.497 e. The van der Waals surface area contributed by atoms with Crippen LogP contribution in [0.4, 0.5) is 11.5 Å². The fourth-order valence-corrected chi connectivity index (χ4v) is 3.15. The Morgan fingerprint density at radius 2 is 1.80 bits per heavy atom. The van der Waals surface area contributed by atoms with Crippen molar-refractivity contribution in [2.45, 2.75) is 34.2 Å². The Kier molecular flexibility index (Phi) is 7.31. The highest BCUT2D eigenvalue weighted by Gasteiger charge is 2.28. The molecule has 0 saturated carbocycles. The van der Waals surface area contributed by atoms with Gasteiger partial charge in [-0.3, -0.25) is 19.1 Å². The molecule has 0 radical (unpaired) electrons. The average molecular weight is 418 g/mol. The number of H-pyrrole nitrogens is 1. The van der Waals surface area contributed by atoms with Gasteiger partial charge >= 0.3 is 5.69 Å². The second kappa shape index (κ2) is 9.51. The number of aromatic nitrogens is 2. The molecule has 0 fully saturated rings. The van der Waals surface area contributed by atoms with Gasteiger partial charge in [-0.25, -0.2) is 4.79 Å². The maximum Gasteiger partial charge on any atom is 0.330 e. The molecule has 1 aromatic heterocycles. The second-order valence-corrected chi connectivity index (χ2v) is 7.87. The van der Waals surface area contributed by atoms with Gasteiger partial charge in [0.1, 0.15) is 17.3 Å². The number of methoxy groups -OCH3 is 2. The van der Waals surface area contributed by atoms with Crippen LogP contribution in [0, 0.1) is 11.8 Å². The first-order chi connectivity index (χ1) is 14.1. The van der Waals surface area contributed by atoms with Crippen molar-refractivity contribution in [3.05, 3.63) is 44.6 Å². The summed E-state index contributed by atoms with van der Waals surface area (Å²) in [7, 11) is 2.96. The lowest BCUT2D eigenvalue weighted by atomic mass is 10.1. The molecule has 9 nitrogen and oxygen atoms in total. The molecule has 0 unspecified atom stereocenters. The number of carbonyl (C=O) groups excluding carboxylic acids is 1. The van der Waals surface area contributed by atoms with Crippen molar-refractivity contribution in [2.75, 3.05) is 31.4 Å². The van der Waals surface area contributed by atoms with Gasteiger partial charge in [0, 0.05) is 19.2 Å². The number of rotatable bonds is 8. The summed E-state index contributed by atoms with van der Waals surface area (Å²) in [4.78, 5) is 42.1. The normalized spacial score (nSPS) is 11.1. The number of hydrogen-bond donors (Lipinski definition) is 2. The molecule has 0 spiro atoms. The van der Waals surface area contributed by atoms with E-state index < -0.39 is 17.2 Å². The van der Waals surface area contributed by atoms with E-state index in [9.17, 15) is 14.4 Å². The predicted molar refractivity (Wildman–Crippen MR) is 117 cm³/mol. The van der Waals surface area contributed by atoms with Crippen LogP contribution in [-0.2, 0) is 6.54 Å². The number of nitrogen functional groups attached to an aromatic ring is 1. The first-order valence-corrected chi connectivity index (χ1v) is 9.77. The Bertz CT molecular complexity index is 1020.